The lowest BCUT2D eigenvalue weighted by atomic mass is 10.2. The molecule has 1 unspecified atom stereocenters. The van der Waals surface area contributed by atoms with Crippen LogP contribution in [0.1, 0.15) is 36.5 Å². The van der Waals surface area contributed by atoms with Crippen LogP contribution in [0, 0.1) is 0 Å². The summed E-state index contributed by atoms with van der Waals surface area (Å²) >= 11 is 5.31. The molecule has 2 aromatic carbocycles. The van der Waals surface area contributed by atoms with Crippen LogP contribution in [-0.4, -0.2) is 36.9 Å². The Morgan fingerprint density at radius 1 is 1.21 bits per heavy atom. The minimum absolute atomic E-state index is 0.122. The molecule has 29 heavy (non-hydrogen) atoms. The van der Waals surface area contributed by atoms with Crippen LogP contribution in [0.25, 0.3) is 0 Å². The number of amides is 1. The van der Waals surface area contributed by atoms with Gasteiger partial charge in [0.05, 0.1) is 18.4 Å². The van der Waals surface area contributed by atoms with E-state index in [4.69, 9.17) is 26.4 Å². The predicted molar refractivity (Wildman–Crippen MR) is 117 cm³/mol. The van der Waals surface area contributed by atoms with Crippen molar-refractivity contribution in [3.05, 3.63) is 54.1 Å². The minimum Gasteiger partial charge on any atom is -0.494 e. The smallest absolute Gasteiger partial charge is 0.257 e. The Morgan fingerprint density at radius 3 is 2.86 bits per heavy atom. The van der Waals surface area contributed by atoms with Gasteiger partial charge < -0.3 is 19.5 Å². The summed E-state index contributed by atoms with van der Waals surface area (Å²) in [6.45, 7) is 3.91. The first-order valence-corrected chi connectivity index (χ1v) is 10.2. The topological polar surface area (TPSA) is 68.8 Å². The number of thiocarbonyl (C=S) groups is 1. The molecule has 1 amide bonds. The fourth-order valence-electron chi connectivity index (χ4n) is 2.93. The highest BCUT2D eigenvalue weighted by Gasteiger charge is 2.17. The largest absolute Gasteiger partial charge is 0.494 e. The Morgan fingerprint density at radius 2 is 2.07 bits per heavy atom. The number of rotatable bonds is 8. The van der Waals surface area contributed by atoms with Gasteiger partial charge in [0.1, 0.15) is 18.1 Å². The third-order valence-corrected chi connectivity index (χ3v) is 4.58. The van der Waals surface area contributed by atoms with E-state index in [1.165, 1.54) is 0 Å². The highest BCUT2D eigenvalue weighted by molar-refractivity contribution is 7.80. The molecule has 1 atom stereocenters. The van der Waals surface area contributed by atoms with Gasteiger partial charge in [0.25, 0.3) is 5.91 Å². The lowest BCUT2D eigenvalue weighted by Crippen LogP contribution is -2.34. The molecule has 1 aliphatic rings. The van der Waals surface area contributed by atoms with Gasteiger partial charge in [0, 0.05) is 12.2 Å². The zero-order valence-electron chi connectivity index (χ0n) is 16.5. The summed E-state index contributed by atoms with van der Waals surface area (Å²) in [5.74, 6) is 1.02. The van der Waals surface area contributed by atoms with Gasteiger partial charge in [0.2, 0.25) is 0 Å². The number of nitrogens with one attached hydrogen (secondary N) is 2. The van der Waals surface area contributed by atoms with E-state index in [0.29, 0.717) is 36.0 Å². The number of hydrogen-bond donors (Lipinski definition) is 2. The average molecular weight is 415 g/mol. The fraction of sp³-hybridized carbons (Fsp3) is 0.364. The van der Waals surface area contributed by atoms with Crippen LogP contribution >= 0.6 is 12.2 Å². The third kappa shape index (κ3) is 6.44. The first-order valence-electron chi connectivity index (χ1n) is 9.84. The Labute approximate surface area is 176 Å². The Kier molecular flexibility index (Phi) is 7.84. The van der Waals surface area contributed by atoms with Crippen molar-refractivity contribution in [3.63, 3.8) is 0 Å². The summed E-state index contributed by atoms with van der Waals surface area (Å²) in [4.78, 5) is 12.5. The van der Waals surface area contributed by atoms with Crippen molar-refractivity contribution in [1.82, 2.24) is 5.32 Å². The zero-order chi connectivity index (χ0) is 20.5. The van der Waals surface area contributed by atoms with Crippen molar-refractivity contribution in [1.29, 1.82) is 0 Å². The second-order valence-corrected chi connectivity index (χ2v) is 7.13. The van der Waals surface area contributed by atoms with Gasteiger partial charge >= 0.3 is 0 Å². The van der Waals surface area contributed by atoms with Crippen molar-refractivity contribution in [2.45, 2.75) is 32.3 Å². The van der Waals surface area contributed by atoms with Crippen molar-refractivity contribution in [2.24, 2.45) is 0 Å². The standard InChI is InChI=1S/C22H26N2O4S/c1-2-12-26-17-8-5-7-16(14-17)21(25)24-22(29)23-19-10-3-4-11-20(19)28-15-18-9-6-13-27-18/h3-5,7-8,10-11,14,18H,2,6,9,12-13,15H2,1H3,(H2,23,24,25,29). The highest BCUT2D eigenvalue weighted by Crippen LogP contribution is 2.25. The van der Waals surface area contributed by atoms with Gasteiger partial charge in [-0.2, -0.15) is 0 Å². The van der Waals surface area contributed by atoms with Crippen LogP contribution in [0.15, 0.2) is 48.5 Å². The lowest BCUT2D eigenvalue weighted by molar-refractivity contribution is 0.0682. The van der Waals surface area contributed by atoms with Crippen molar-refractivity contribution >= 4 is 28.9 Å². The van der Waals surface area contributed by atoms with Gasteiger partial charge in [0.15, 0.2) is 5.11 Å². The number of para-hydroxylation sites is 2. The molecular formula is C22H26N2O4S. The molecule has 2 aromatic rings. The van der Waals surface area contributed by atoms with Crippen molar-refractivity contribution < 1.29 is 19.0 Å². The summed E-state index contributed by atoms with van der Waals surface area (Å²) in [6, 6.07) is 14.5. The molecule has 1 fully saturated rings. The number of benzene rings is 2. The molecule has 0 bridgehead atoms. The molecule has 6 nitrogen and oxygen atoms in total. The van der Waals surface area contributed by atoms with Crippen LogP contribution in [0.5, 0.6) is 11.5 Å². The lowest BCUT2D eigenvalue weighted by Gasteiger charge is -2.16. The number of carbonyl (C=O) groups is 1. The van der Waals surface area contributed by atoms with E-state index >= 15 is 0 Å². The summed E-state index contributed by atoms with van der Waals surface area (Å²) < 4.78 is 17.1. The van der Waals surface area contributed by atoms with Gasteiger partial charge in [-0.1, -0.05) is 25.1 Å². The van der Waals surface area contributed by atoms with Gasteiger partial charge in [-0.15, -0.1) is 0 Å². The molecule has 3 rings (SSSR count). The Hall–Kier alpha value is -2.64. The first-order chi connectivity index (χ1) is 14.2. The van der Waals surface area contributed by atoms with E-state index in [2.05, 4.69) is 10.6 Å². The van der Waals surface area contributed by atoms with Gasteiger partial charge in [-0.25, -0.2) is 0 Å². The van der Waals surface area contributed by atoms with Crippen LogP contribution in [0.2, 0.25) is 0 Å². The number of carbonyl (C=O) groups excluding carboxylic acids is 1. The van der Waals surface area contributed by atoms with E-state index in [-0.39, 0.29) is 17.1 Å². The summed E-state index contributed by atoms with van der Waals surface area (Å²) in [5.41, 5.74) is 1.17. The molecular weight excluding hydrogens is 388 g/mol. The molecule has 0 aliphatic carbocycles. The van der Waals surface area contributed by atoms with Crippen molar-refractivity contribution in [3.8, 4) is 11.5 Å². The van der Waals surface area contributed by atoms with E-state index in [9.17, 15) is 4.79 Å². The molecule has 0 aromatic heterocycles. The van der Waals surface area contributed by atoms with Gasteiger partial charge in [-0.3, -0.25) is 10.1 Å². The normalized spacial score (nSPS) is 15.6. The molecule has 0 spiro atoms. The second kappa shape index (κ2) is 10.8. The summed E-state index contributed by atoms with van der Waals surface area (Å²) in [5, 5.41) is 5.93. The van der Waals surface area contributed by atoms with Crippen LogP contribution in [0.3, 0.4) is 0 Å². The van der Waals surface area contributed by atoms with E-state index in [1.807, 2.05) is 37.3 Å². The Bertz CT molecular complexity index is 837. The second-order valence-electron chi connectivity index (χ2n) is 6.73. The molecule has 0 saturated carbocycles. The fourth-order valence-corrected chi connectivity index (χ4v) is 3.13. The van der Waals surface area contributed by atoms with E-state index in [0.717, 1.165) is 25.9 Å². The molecule has 1 saturated heterocycles. The average Bonchev–Trinajstić information content (AvgIpc) is 3.25. The Balaban J connectivity index is 1.57. The number of hydrogen-bond acceptors (Lipinski definition) is 5. The van der Waals surface area contributed by atoms with E-state index < -0.39 is 0 Å². The molecule has 154 valence electrons. The van der Waals surface area contributed by atoms with E-state index in [1.54, 1.807) is 18.2 Å². The quantitative estimate of drug-likeness (QED) is 0.632. The van der Waals surface area contributed by atoms with Crippen LogP contribution < -0.4 is 20.1 Å². The molecule has 2 N–H and O–H groups in total. The molecule has 1 aliphatic heterocycles. The molecule has 7 heteroatoms. The van der Waals surface area contributed by atoms with Crippen LogP contribution in [-0.2, 0) is 4.74 Å². The van der Waals surface area contributed by atoms with Gasteiger partial charge in [-0.05, 0) is 61.8 Å². The van der Waals surface area contributed by atoms with Crippen molar-refractivity contribution in [2.75, 3.05) is 25.1 Å². The highest BCUT2D eigenvalue weighted by atomic mass is 32.1. The predicted octanol–water partition coefficient (Wildman–Crippen LogP) is 4.16. The maximum Gasteiger partial charge on any atom is 0.257 e. The molecule has 0 radical (unpaired) electrons. The van der Waals surface area contributed by atoms with Crippen LogP contribution in [0.4, 0.5) is 5.69 Å². The molecule has 1 heterocycles. The summed E-state index contributed by atoms with van der Waals surface area (Å²) in [6.07, 6.45) is 3.09. The first kappa shape index (κ1) is 21.1. The summed E-state index contributed by atoms with van der Waals surface area (Å²) in [7, 11) is 0. The number of ether oxygens (including phenoxy) is 3. The number of anilines is 1. The maximum atomic E-state index is 12.5. The third-order valence-electron chi connectivity index (χ3n) is 4.38. The SMILES string of the molecule is CCCOc1cccc(C(=O)NC(=S)Nc2ccccc2OCC2CCCO2)c1. The minimum atomic E-state index is -0.304. The monoisotopic (exact) mass is 414 g/mol. The maximum absolute atomic E-state index is 12.5. The zero-order valence-corrected chi connectivity index (χ0v) is 17.3.